The van der Waals surface area contributed by atoms with Gasteiger partial charge in [-0.15, -0.1) is 0 Å². The monoisotopic (exact) mass is 597 g/mol. The van der Waals surface area contributed by atoms with E-state index in [1.165, 1.54) is 0 Å². The molecule has 3 aliphatic heterocycles. The second-order valence-electron chi connectivity index (χ2n) is 8.37. The van der Waals surface area contributed by atoms with Crippen molar-refractivity contribution >= 4 is 62.7 Å². The van der Waals surface area contributed by atoms with Crippen LogP contribution >= 0.6 is 39.0 Å². The molecule has 3 amide bonds. The number of thioether (sulfide) groups is 1. The number of carbonyl (C=O) groups is 4. The number of likely N-dealkylation sites (tertiary alicyclic amines) is 1. The molecule has 1 aromatic carbocycles. The van der Waals surface area contributed by atoms with E-state index in [1.54, 1.807) is 23.1 Å². The van der Waals surface area contributed by atoms with Crippen molar-refractivity contribution in [3.05, 3.63) is 42.8 Å². The smallest absolute Gasteiger partial charge is 0.323 e. The van der Waals surface area contributed by atoms with Crippen LogP contribution in [0.5, 0.6) is 5.75 Å². The van der Waals surface area contributed by atoms with Crippen molar-refractivity contribution < 1.29 is 33.8 Å². The fourth-order valence-corrected chi connectivity index (χ4v) is 7.54. The molecule has 2 aromatic rings. The van der Waals surface area contributed by atoms with Crippen LogP contribution < -0.4 is 9.61 Å². The maximum atomic E-state index is 13.4. The number of nitrogens with one attached hydrogen (secondary N) is 1. The molecule has 0 aliphatic carbocycles. The van der Waals surface area contributed by atoms with Crippen LogP contribution in [-0.2, 0) is 23.9 Å². The molecule has 0 saturated carbocycles. The number of aromatic amines is 1. The third-order valence-electron chi connectivity index (χ3n) is 6.23. The van der Waals surface area contributed by atoms with E-state index >= 15 is 0 Å². The van der Waals surface area contributed by atoms with Gasteiger partial charge in [-0.05, 0) is 18.2 Å². The number of nitrogens with zero attached hydrogens (tertiary/aromatic N) is 2. The number of aliphatic carboxylic acids is 1. The van der Waals surface area contributed by atoms with Crippen molar-refractivity contribution in [3.63, 3.8) is 0 Å². The lowest BCUT2D eigenvalue weighted by atomic mass is 9.82. The number of halogens is 1. The summed E-state index contributed by atoms with van der Waals surface area (Å²) in [6.45, 7) is 0.869. The Morgan fingerprint density at radius 3 is 2.67 bits per heavy atom. The number of hydrogen-bond acceptors (Lipinski definition) is 9. The van der Waals surface area contributed by atoms with E-state index < -0.39 is 41.4 Å². The Hall–Kier alpha value is -2.68. The third-order valence-corrected chi connectivity index (χ3v) is 9.12. The van der Waals surface area contributed by atoms with E-state index in [1.807, 2.05) is 0 Å². The molecular formula is C22H20BrN3O8S2. The topological polar surface area (TPSA) is 146 Å². The summed E-state index contributed by atoms with van der Waals surface area (Å²) in [6, 6.07) is 5.12. The maximum Gasteiger partial charge on any atom is 0.323 e. The molecule has 3 aliphatic rings. The van der Waals surface area contributed by atoms with Crippen LogP contribution in [0.15, 0.2) is 32.5 Å². The van der Waals surface area contributed by atoms with Gasteiger partial charge in [-0.1, -0.05) is 39.0 Å². The predicted molar refractivity (Wildman–Crippen MR) is 131 cm³/mol. The number of H-pyrrole nitrogens is 1. The number of benzene rings is 1. The standard InChI is InChI=1S/C22H20BrN3O8S2/c23-10-1-2-12(34-9-13(27)25-3-5-33-6-4-25)11(7-10)15-16-18(35-19-17(15)36-22(32)24-19)21(31)26(20(16)30)8-14(28)29/h1-2,7,15-16,18H,3-6,8-9H2,(H,24,32)(H,28,29)/t15-,16?,18?/m0/s1. The summed E-state index contributed by atoms with van der Waals surface area (Å²) in [7, 11) is 0. The van der Waals surface area contributed by atoms with Gasteiger partial charge in [0.1, 0.15) is 17.5 Å². The molecule has 2 fully saturated rings. The first kappa shape index (κ1) is 25.0. The highest BCUT2D eigenvalue weighted by Gasteiger charge is 2.56. The van der Waals surface area contributed by atoms with Gasteiger partial charge in [0.2, 0.25) is 11.8 Å². The molecule has 4 heterocycles. The van der Waals surface area contributed by atoms with Crippen LogP contribution in [0.3, 0.4) is 0 Å². The van der Waals surface area contributed by atoms with Crippen LogP contribution in [0, 0.1) is 5.92 Å². The zero-order chi connectivity index (χ0) is 25.6. The number of imide groups is 1. The third kappa shape index (κ3) is 4.58. The molecule has 36 heavy (non-hydrogen) atoms. The number of aromatic nitrogens is 1. The van der Waals surface area contributed by atoms with Crippen molar-refractivity contribution in [2.45, 2.75) is 16.2 Å². The molecule has 0 bridgehead atoms. The zero-order valence-corrected chi connectivity index (χ0v) is 21.8. The predicted octanol–water partition coefficient (Wildman–Crippen LogP) is 1.11. The van der Waals surface area contributed by atoms with Gasteiger partial charge in [0.25, 0.3) is 5.91 Å². The molecule has 2 unspecified atom stereocenters. The summed E-state index contributed by atoms with van der Waals surface area (Å²) in [5.41, 5.74) is 0.518. The number of carboxylic acids is 1. The minimum atomic E-state index is -1.30. The van der Waals surface area contributed by atoms with E-state index in [0.717, 1.165) is 28.0 Å². The SMILES string of the molecule is O=C(O)CN1C(=O)C2Sc3[nH]c(=O)sc3[C@@H](c3cc(Br)ccc3OCC(=O)N3CCOCC3)C2C1=O. The Morgan fingerprint density at radius 1 is 1.19 bits per heavy atom. The summed E-state index contributed by atoms with van der Waals surface area (Å²) in [5, 5.41) is 8.80. The molecule has 0 radical (unpaired) electrons. The summed E-state index contributed by atoms with van der Waals surface area (Å²) in [5.74, 6) is -4.10. The number of thiazole rings is 1. The summed E-state index contributed by atoms with van der Waals surface area (Å²) >= 11 is 5.43. The quantitative estimate of drug-likeness (QED) is 0.467. The minimum absolute atomic E-state index is 0.212. The molecule has 2 N–H and O–H groups in total. The average molecular weight is 598 g/mol. The number of morpholine rings is 1. The molecule has 0 spiro atoms. The fourth-order valence-electron chi connectivity index (χ4n) is 4.64. The Labute approximate surface area is 220 Å². The first-order valence-corrected chi connectivity index (χ1v) is 13.5. The van der Waals surface area contributed by atoms with Crippen LogP contribution in [0.2, 0.25) is 0 Å². The van der Waals surface area contributed by atoms with Crippen LogP contribution in [0.4, 0.5) is 0 Å². The molecule has 14 heteroatoms. The number of amides is 3. The summed E-state index contributed by atoms with van der Waals surface area (Å²) in [4.78, 5) is 68.1. The number of fused-ring (bicyclic) bond motifs is 2. The zero-order valence-electron chi connectivity index (χ0n) is 18.6. The normalized spacial score (nSPS) is 23.4. The Morgan fingerprint density at radius 2 is 1.94 bits per heavy atom. The largest absolute Gasteiger partial charge is 0.483 e. The van der Waals surface area contributed by atoms with E-state index in [-0.39, 0.29) is 17.4 Å². The minimum Gasteiger partial charge on any atom is -0.483 e. The van der Waals surface area contributed by atoms with Crippen LogP contribution in [-0.4, -0.2) is 88.3 Å². The van der Waals surface area contributed by atoms with Gasteiger partial charge < -0.3 is 24.5 Å². The van der Waals surface area contributed by atoms with Gasteiger partial charge in [-0.3, -0.25) is 28.9 Å². The Balaban J connectivity index is 1.53. The summed E-state index contributed by atoms with van der Waals surface area (Å²) in [6.07, 6.45) is 0. The number of carboxylic acid groups (broad SMARTS) is 1. The molecule has 11 nitrogen and oxygen atoms in total. The van der Waals surface area contributed by atoms with Gasteiger partial charge in [0, 0.05) is 33.9 Å². The van der Waals surface area contributed by atoms with Gasteiger partial charge in [0.05, 0.1) is 24.2 Å². The highest BCUT2D eigenvalue weighted by Crippen LogP contribution is 2.54. The van der Waals surface area contributed by atoms with Crippen molar-refractivity contribution in [1.29, 1.82) is 0 Å². The van der Waals surface area contributed by atoms with Crippen LogP contribution in [0.25, 0.3) is 0 Å². The average Bonchev–Trinajstić information content (AvgIpc) is 3.34. The molecule has 2 saturated heterocycles. The molecular weight excluding hydrogens is 578 g/mol. The Kier molecular flexibility index (Phi) is 6.94. The molecule has 190 valence electrons. The fraction of sp³-hybridized carbons (Fsp3) is 0.409. The molecule has 1 aromatic heterocycles. The van der Waals surface area contributed by atoms with Gasteiger partial charge >= 0.3 is 10.8 Å². The van der Waals surface area contributed by atoms with E-state index in [4.69, 9.17) is 9.47 Å². The lowest BCUT2D eigenvalue weighted by molar-refractivity contribution is -0.149. The van der Waals surface area contributed by atoms with E-state index in [2.05, 4.69) is 20.9 Å². The van der Waals surface area contributed by atoms with Gasteiger partial charge in [0.15, 0.2) is 6.61 Å². The summed E-state index contributed by atoms with van der Waals surface area (Å²) < 4.78 is 11.9. The van der Waals surface area contributed by atoms with E-state index in [0.29, 0.717) is 52.0 Å². The van der Waals surface area contributed by atoms with Crippen LogP contribution in [0.1, 0.15) is 16.4 Å². The second-order valence-corrected chi connectivity index (χ2v) is 11.5. The molecule has 3 atom stereocenters. The first-order valence-electron chi connectivity index (χ1n) is 11.0. The van der Waals surface area contributed by atoms with Crippen molar-refractivity contribution in [2.24, 2.45) is 5.92 Å². The number of rotatable bonds is 6. The number of hydrogen-bond donors (Lipinski definition) is 2. The van der Waals surface area contributed by atoms with E-state index in [9.17, 15) is 29.1 Å². The lowest BCUT2D eigenvalue weighted by Gasteiger charge is -2.31. The first-order chi connectivity index (χ1) is 17.2. The van der Waals surface area contributed by atoms with Gasteiger partial charge in [-0.25, -0.2) is 0 Å². The van der Waals surface area contributed by atoms with Crippen molar-refractivity contribution in [1.82, 2.24) is 14.8 Å². The number of ether oxygens (including phenoxy) is 2. The second kappa shape index (κ2) is 10.00. The van der Waals surface area contributed by atoms with Gasteiger partial charge in [-0.2, -0.15) is 0 Å². The molecule has 5 rings (SSSR count). The highest BCUT2D eigenvalue weighted by molar-refractivity contribution is 9.10. The van der Waals surface area contributed by atoms with Crippen molar-refractivity contribution in [3.8, 4) is 5.75 Å². The Bertz CT molecular complexity index is 1300. The maximum absolute atomic E-state index is 13.4. The highest BCUT2D eigenvalue weighted by atomic mass is 79.9. The lowest BCUT2D eigenvalue weighted by Crippen LogP contribution is -2.43. The number of carbonyl (C=O) groups excluding carboxylic acids is 3. The van der Waals surface area contributed by atoms with Crippen molar-refractivity contribution in [2.75, 3.05) is 39.5 Å².